The third kappa shape index (κ3) is 5.42. The summed E-state index contributed by atoms with van der Waals surface area (Å²) in [5.41, 5.74) is 4.18. The molecule has 0 radical (unpaired) electrons. The summed E-state index contributed by atoms with van der Waals surface area (Å²) in [5, 5.41) is 22.9. The van der Waals surface area contributed by atoms with Crippen LogP contribution >= 0.6 is 23.1 Å². The molecule has 8 heteroatoms. The van der Waals surface area contributed by atoms with Crippen LogP contribution in [0.3, 0.4) is 0 Å². The van der Waals surface area contributed by atoms with Gasteiger partial charge >= 0.3 is 0 Å². The Morgan fingerprint density at radius 2 is 2.11 bits per heavy atom. The molecule has 0 fully saturated rings. The second-order valence-electron chi connectivity index (χ2n) is 10.0. The first-order valence-electron chi connectivity index (χ1n) is 12.4. The van der Waals surface area contributed by atoms with Gasteiger partial charge in [-0.3, -0.25) is 9.36 Å². The van der Waals surface area contributed by atoms with Crippen LogP contribution in [-0.2, 0) is 24.2 Å². The summed E-state index contributed by atoms with van der Waals surface area (Å²) in [6, 6.07) is 10.5. The number of allylic oxidation sites excluding steroid dienone is 1. The third-order valence-corrected chi connectivity index (χ3v) is 9.45. The van der Waals surface area contributed by atoms with Gasteiger partial charge in [-0.25, -0.2) is 0 Å². The van der Waals surface area contributed by atoms with Gasteiger partial charge in [0.25, 0.3) is 0 Å². The second kappa shape index (κ2) is 11.0. The SMILES string of the molecule is C=CCn1c(SCC(=O)Nc2sc3c(c2C#N)CCC(C(C)(C)CC)C3)nnc1-c1ccc(C)cc1. The van der Waals surface area contributed by atoms with Crippen molar-refractivity contribution in [1.29, 1.82) is 5.26 Å². The third-order valence-electron chi connectivity index (χ3n) is 7.32. The Morgan fingerprint density at radius 1 is 1.36 bits per heavy atom. The molecule has 6 nitrogen and oxygen atoms in total. The molecule has 2 heterocycles. The van der Waals surface area contributed by atoms with Crippen LogP contribution in [-0.4, -0.2) is 26.4 Å². The van der Waals surface area contributed by atoms with Gasteiger partial charge in [0.1, 0.15) is 11.1 Å². The zero-order valence-electron chi connectivity index (χ0n) is 21.4. The molecule has 1 aromatic carbocycles. The van der Waals surface area contributed by atoms with E-state index in [1.807, 2.05) is 35.8 Å². The van der Waals surface area contributed by atoms with Crippen molar-refractivity contribution in [2.75, 3.05) is 11.1 Å². The number of fused-ring (bicyclic) bond motifs is 1. The summed E-state index contributed by atoms with van der Waals surface area (Å²) in [5.74, 6) is 1.38. The molecule has 1 atom stereocenters. The van der Waals surface area contributed by atoms with E-state index < -0.39 is 0 Å². The van der Waals surface area contributed by atoms with Crippen molar-refractivity contribution in [2.45, 2.75) is 65.1 Å². The number of thioether (sulfide) groups is 1. The van der Waals surface area contributed by atoms with Gasteiger partial charge in [0.15, 0.2) is 11.0 Å². The van der Waals surface area contributed by atoms with Crippen molar-refractivity contribution in [2.24, 2.45) is 11.3 Å². The van der Waals surface area contributed by atoms with E-state index in [2.05, 4.69) is 48.9 Å². The molecule has 0 aliphatic heterocycles. The van der Waals surface area contributed by atoms with Gasteiger partial charge in [0, 0.05) is 17.0 Å². The van der Waals surface area contributed by atoms with E-state index in [9.17, 15) is 10.1 Å². The van der Waals surface area contributed by atoms with Crippen LogP contribution in [0, 0.1) is 29.6 Å². The Morgan fingerprint density at radius 3 is 2.78 bits per heavy atom. The Balaban J connectivity index is 1.46. The maximum absolute atomic E-state index is 12.9. The number of nitriles is 1. The summed E-state index contributed by atoms with van der Waals surface area (Å²) in [4.78, 5) is 14.2. The molecule has 1 amide bonds. The Hall–Kier alpha value is -2.89. The number of hydrogen-bond donors (Lipinski definition) is 1. The minimum absolute atomic E-state index is 0.148. The van der Waals surface area contributed by atoms with E-state index in [1.54, 1.807) is 17.4 Å². The number of rotatable bonds is 9. The molecule has 188 valence electrons. The Kier molecular flexibility index (Phi) is 8.01. The monoisotopic (exact) mass is 519 g/mol. The predicted molar refractivity (Wildman–Crippen MR) is 148 cm³/mol. The van der Waals surface area contributed by atoms with Gasteiger partial charge in [0.2, 0.25) is 5.91 Å². The lowest BCUT2D eigenvalue weighted by Crippen LogP contribution is -2.28. The maximum atomic E-state index is 12.9. The Bertz CT molecular complexity index is 1300. The minimum atomic E-state index is -0.148. The highest BCUT2D eigenvalue weighted by Crippen LogP contribution is 2.45. The number of nitrogens with one attached hydrogen (secondary N) is 1. The summed E-state index contributed by atoms with van der Waals surface area (Å²) < 4.78 is 1.97. The number of aryl methyl sites for hydroxylation is 1. The van der Waals surface area contributed by atoms with Crippen LogP contribution in [0.4, 0.5) is 5.00 Å². The van der Waals surface area contributed by atoms with E-state index in [0.29, 0.717) is 28.2 Å². The quantitative estimate of drug-likeness (QED) is 0.253. The van der Waals surface area contributed by atoms with Crippen LogP contribution in [0.5, 0.6) is 0 Å². The molecule has 3 aromatic rings. The van der Waals surface area contributed by atoms with Crippen molar-refractivity contribution in [1.82, 2.24) is 14.8 Å². The van der Waals surface area contributed by atoms with Crippen molar-refractivity contribution in [3.8, 4) is 17.5 Å². The van der Waals surface area contributed by atoms with Gasteiger partial charge in [-0.05, 0) is 43.1 Å². The number of hydrogen-bond acceptors (Lipinski definition) is 6. The lowest BCUT2D eigenvalue weighted by Gasteiger charge is -2.36. The summed E-state index contributed by atoms with van der Waals surface area (Å²) in [6.07, 6.45) is 5.90. The molecule has 1 aliphatic carbocycles. The van der Waals surface area contributed by atoms with Crippen LogP contribution in [0.25, 0.3) is 11.4 Å². The van der Waals surface area contributed by atoms with Crippen molar-refractivity contribution < 1.29 is 4.79 Å². The van der Waals surface area contributed by atoms with E-state index in [4.69, 9.17) is 0 Å². The lowest BCUT2D eigenvalue weighted by atomic mass is 9.69. The molecule has 0 saturated carbocycles. The number of thiophene rings is 1. The molecule has 36 heavy (non-hydrogen) atoms. The predicted octanol–water partition coefficient (Wildman–Crippen LogP) is 6.64. The zero-order valence-corrected chi connectivity index (χ0v) is 23.1. The van der Waals surface area contributed by atoms with E-state index in [-0.39, 0.29) is 17.1 Å². The first-order valence-corrected chi connectivity index (χ1v) is 14.2. The average Bonchev–Trinajstić information content (AvgIpc) is 3.43. The van der Waals surface area contributed by atoms with Gasteiger partial charge in [-0.2, -0.15) is 5.26 Å². The number of nitrogens with zero attached hydrogens (tertiary/aromatic N) is 4. The van der Waals surface area contributed by atoms with E-state index >= 15 is 0 Å². The highest BCUT2D eigenvalue weighted by Gasteiger charge is 2.34. The normalized spacial score (nSPS) is 15.2. The van der Waals surface area contributed by atoms with Crippen molar-refractivity contribution in [3.63, 3.8) is 0 Å². The molecule has 0 spiro atoms. The molecular formula is C28H33N5OS2. The standard InChI is InChI=1S/C28H33N5OS2/c1-6-14-33-25(19-10-8-18(3)9-11-19)31-32-27(33)35-17-24(34)30-26-22(16-29)21-13-12-20(15-23(21)36-26)28(4,5)7-2/h6,8-11,20H,1,7,12-15,17H2,2-5H3,(H,30,34). The molecule has 1 N–H and O–H groups in total. The molecule has 0 saturated heterocycles. The van der Waals surface area contributed by atoms with Gasteiger partial charge in [-0.1, -0.05) is 74.9 Å². The smallest absolute Gasteiger partial charge is 0.235 e. The first-order chi connectivity index (χ1) is 17.3. The molecule has 4 rings (SSSR count). The number of anilines is 1. The zero-order chi connectivity index (χ0) is 25.9. The number of carbonyl (C=O) groups excluding carboxylic acids is 1. The number of amides is 1. The summed E-state index contributed by atoms with van der Waals surface area (Å²) in [6.45, 7) is 13.4. The topological polar surface area (TPSA) is 83.6 Å². The van der Waals surface area contributed by atoms with E-state index in [0.717, 1.165) is 42.6 Å². The Labute approximate surface area is 221 Å². The lowest BCUT2D eigenvalue weighted by molar-refractivity contribution is -0.113. The highest BCUT2D eigenvalue weighted by atomic mass is 32.2. The fourth-order valence-electron chi connectivity index (χ4n) is 4.65. The minimum Gasteiger partial charge on any atom is -0.316 e. The van der Waals surface area contributed by atoms with Crippen LogP contribution in [0.2, 0.25) is 0 Å². The largest absolute Gasteiger partial charge is 0.316 e. The van der Waals surface area contributed by atoms with Crippen molar-refractivity contribution >= 4 is 34.0 Å². The highest BCUT2D eigenvalue weighted by molar-refractivity contribution is 7.99. The van der Waals surface area contributed by atoms with Gasteiger partial charge < -0.3 is 5.32 Å². The number of benzene rings is 1. The maximum Gasteiger partial charge on any atom is 0.235 e. The fraction of sp³-hybridized carbons (Fsp3) is 0.429. The van der Waals surface area contributed by atoms with Crippen LogP contribution in [0.15, 0.2) is 42.1 Å². The summed E-state index contributed by atoms with van der Waals surface area (Å²) >= 11 is 2.91. The fourth-order valence-corrected chi connectivity index (χ4v) is 6.69. The second-order valence-corrected chi connectivity index (χ2v) is 12.1. The number of aromatic nitrogens is 3. The molecular weight excluding hydrogens is 486 g/mol. The average molecular weight is 520 g/mol. The molecule has 0 bridgehead atoms. The van der Waals surface area contributed by atoms with Gasteiger partial charge in [-0.15, -0.1) is 28.1 Å². The molecule has 1 aliphatic rings. The van der Waals surface area contributed by atoms with Crippen molar-refractivity contribution in [3.05, 3.63) is 58.5 Å². The first kappa shape index (κ1) is 26.2. The van der Waals surface area contributed by atoms with Crippen LogP contribution < -0.4 is 5.32 Å². The van der Waals surface area contributed by atoms with E-state index in [1.165, 1.54) is 22.2 Å². The number of carbonyl (C=O) groups is 1. The summed E-state index contributed by atoms with van der Waals surface area (Å²) in [7, 11) is 0. The van der Waals surface area contributed by atoms with Gasteiger partial charge in [0.05, 0.1) is 11.3 Å². The molecule has 1 unspecified atom stereocenters. The van der Waals surface area contributed by atoms with Crippen LogP contribution in [0.1, 0.15) is 55.2 Å². The molecule has 2 aromatic heterocycles.